The molecule has 70 valence electrons. The number of hydrogen-bond donors (Lipinski definition) is 0. The molecule has 0 amide bonds. The molecule has 0 radical (unpaired) electrons. The highest BCUT2D eigenvalue weighted by molar-refractivity contribution is 9.12. The highest BCUT2D eigenvalue weighted by atomic mass is 79.9. The van der Waals surface area contributed by atoms with Gasteiger partial charge in [-0.2, -0.15) is 0 Å². The van der Waals surface area contributed by atoms with Gasteiger partial charge in [0.25, 0.3) is 0 Å². The zero-order valence-corrected chi connectivity index (χ0v) is 9.60. The van der Waals surface area contributed by atoms with Crippen molar-refractivity contribution in [3.8, 4) is 0 Å². The highest BCUT2D eigenvalue weighted by Gasteiger charge is 2.04. The molecule has 0 aliphatic rings. The Balaban J connectivity index is 2.97. The lowest BCUT2D eigenvalue weighted by Gasteiger charge is -2.06. The van der Waals surface area contributed by atoms with Crippen LogP contribution in [0.4, 0.5) is 0 Å². The molecule has 0 atom stereocenters. The number of hydrogen-bond acceptors (Lipinski definition) is 1. The molecule has 0 saturated carbocycles. The summed E-state index contributed by atoms with van der Waals surface area (Å²) < 4.78 is 5.65. The predicted octanol–water partition coefficient (Wildman–Crippen LogP) is 3.64. The van der Waals surface area contributed by atoms with Crippen molar-refractivity contribution >= 4 is 33.1 Å². The second-order valence-corrected chi connectivity index (χ2v) is 4.17. The van der Waals surface area contributed by atoms with Gasteiger partial charge in [-0.1, -0.05) is 41.9 Å². The Morgan fingerprint density at radius 1 is 1.38 bits per heavy atom. The molecule has 13 heavy (non-hydrogen) atoms. The standard InChI is InChI=1S/C10H10BrClO/c1-13-7-9(10(11)12)8-5-3-2-4-6-8/h2-6H,7H2,1H3/b10-9-. The lowest BCUT2D eigenvalue weighted by Crippen LogP contribution is -1.94. The van der Waals surface area contributed by atoms with E-state index in [-0.39, 0.29) is 0 Å². The maximum absolute atomic E-state index is 5.87. The SMILES string of the molecule is COC/C(=C(/Cl)Br)c1ccccc1. The molecule has 1 aromatic rings. The van der Waals surface area contributed by atoms with E-state index in [1.165, 1.54) is 0 Å². The lowest BCUT2D eigenvalue weighted by molar-refractivity contribution is 0.239. The van der Waals surface area contributed by atoms with Crippen molar-refractivity contribution in [3.05, 3.63) is 39.8 Å². The average Bonchev–Trinajstić information content (AvgIpc) is 2.15. The summed E-state index contributed by atoms with van der Waals surface area (Å²) in [7, 11) is 1.65. The van der Waals surface area contributed by atoms with Crippen LogP contribution in [0.1, 0.15) is 5.56 Å². The first-order valence-corrected chi connectivity index (χ1v) is 5.01. The van der Waals surface area contributed by atoms with Crippen molar-refractivity contribution in [1.82, 2.24) is 0 Å². The Morgan fingerprint density at radius 2 is 2.00 bits per heavy atom. The van der Waals surface area contributed by atoms with Gasteiger partial charge < -0.3 is 4.74 Å². The van der Waals surface area contributed by atoms with Crippen LogP contribution in [-0.4, -0.2) is 13.7 Å². The third-order valence-electron chi connectivity index (χ3n) is 1.64. The molecule has 0 aromatic heterocycles. The Kier molecular flexibility index (Phi) is 4.50. The summed E-state index contributed by atoms with van der Waals surface area (Å²) >= 11 is 9.12. The van der Waals surface area contributed by atoms with E-state index < -0.39 is 0 Å². The number of ether oxygens (including phenoxy) is 1. The largest absolute Gasteiger partial charge is 0.380 e. The molecule has 0 N–H and O–H groups in total. The molecule has 0 aliphatic heterocycles. The van der Waals surface area contributed by atoms with Gasteiger partial charge in [-0.3, -0.25) is 0 Å². The van der Waals surface area contributed by atoms with Gasteiger partial charge in [-0.25, -0.2) is 0 Å². The van der Waals surface area contributed by atoms with Gasteiger partial charge >= 0.3 is 0 Å². The summed E-state index contributed by atoms with van der Waals surface area (Å²) in [5.41, 5.74) is 2.04. The third-order valence-corrected chi connectivity index (χ3v) is 2.35. The van der Waals surface area contributed by atoms with Crippen LogP contribution in [0.5, 0.6) is 0 Å². The first-order valence-electron chi connectivity index (χ1n) is 3.84. The molecule has 0 spiro atoms. The molecule has 3 heteroatoms. The monoisotopic (exact) mass is 260 g/mol. The van der Waals surface area contributed by atoms with Crippen molar-refractivity contribution in [3.63, 3.8) is 0 Å². The zero-order chi connectivity index (χ0) is 9.68. The molecule has 0 aliphatic carbocycles. The lowest BCUT2D eigenvalue weighted by atomic mass is 10.1. The van der Waals surface area contributed by atoms with Crippen LogP contribution in [0.15, 0.2) is 34.3 Å². The smallest absolute Gasteiger partial charge is 0.0895 e. The minimum absolute atomic E-state index is 0.508. The molecule has 0 heterocycles. The van der Waals surface area contributed by atoms with E-state index in [0.717, 1.165) is 11.1 Å². The highest BCUT2D eigenvalue weighted by Crippen LogP contribution is 2.25. The number of rotatable bonds is 3. The molecule has 0 bridgehead atoms. The van der Waals surface area contributed by atoms with Crippen molar-refractivity contribution in [1.29, 1.82) is 0 Å². The molecule has 0 unspecified atom stereocenters. The minimum Gasteiger partial charge on any atom is -0.380 e. The van der Waals surface area contributed by atoms with Crippen LogP contribution in [0.25, 0.3) is 5.57 Å². The van der Waals surface area contributed by atoms with Gasteiger partial charge in [0.2, 0.25) is 0 Å². The Bertz CT molecular complexity index is 291. The Hall–Kier alpha value is -0.310. The van der Waals surface area contributed by atoms with E-state index >= 15 is 0 Å². The van der Waals surface area contributed by atoms with E-state index in [2.05, 4.69) is 15.9 Å². The molecular formula is C10H10BrClO. The summed E-state index contributed by atoms with van der Waals surface area (Å²) in [5, 5.41) is 0. The normalized spacial score (nSPS) is 12.5. The molecule has 1 nitrogen and oxygen atoms in total. The number of benzene rings is 1. The second kappa shape index (κ2) is 5.43. The van der Waals surface area contributed by atoms with Crippen molar-refractivity contribution < 1.29 is 4.74 Å². The van der Waals surface area contributed by atoms with Gasteiger partial charge in [-0.15, -0.1) is 0 Å². The Labute approximate surface area is 91.5 Å². The molecular weight excluding hydrogens is 251 g/mol. The van der Waals surface area contributed by atoms with Crippen LogP contribution in [-0.2, 0) is 4.74 Å². The van der Waals surface area contributed by atoms with E-state index in [1.807, 2.05) is 30.3 Å². The second-order valence-electron chi connectivity index (χ2n) is 2.54. The maximum atomic E-state index is 5.87. The molecule has 0 saturated heterocycles. The van der Waals surface area contributed by atoms with Crippen LogP contribution < -0.4 is 0 Å². The van der Waals surface area contributed by atoms with Gasteiger partial charge in [-0.05, 0) is 21.5 Å². The van der Waals surface area contributed by atoms with Crippen molar-refractivity contribution in [2.75, 3.05) is 13.7 Å². The summed E-state index contributed by atoms with van der Waals surface area (Å²) in [6.07, 6.45) is 0. The maximum Gasteiger partial charge on any atom is 0.0895 e. The quantitative estimate of drug-likeness (QED) is 0.807. The van der Waals surface area contributed by atoms with Crippen molar-refractivity contribution in [2.45, 2.75) is 0 Å². The van der Waals surface area contributed by atoms with E-state index in [1.54, 1.807) is 7.11 Å². The summed E-state index contributed by atoms with van der Waals surface area (Å²) in [5.74, 6) is 0. The molecule has 1 rings (SSSR count). The van der Waals surface area contributed by atoms with Gasteiger partial charge in [0.05, 0.1) is 10.5 Å². The fourth-order valence-corrected chi connectivity index (χ4v) is 1.54. The first kappa shape index (κ1) is 10.8. The van der Waals surface area contributed by atoms with Crippen LogP contribution >= 0.6 is 27.5 Å². The van der Waals surface area contributed by atoms with Crippen LogP contribution in [0, 0.1) is 0 Å². The molecule has 0 fully saturated rings. The van der Waals surface area contributed by atoms with Crippen LogP contribution in [0.2, 0.25) is 0 Å². The zero-order valence-electron chi connectivity index (χ0n) is 7.26. The van der Waals surface area contributed by atoms with Gasteiger partial charge in [0.1, 0.15) is 0 Å². The van der Waals surface area contributed by atoms with E-state index in [9.17, 15) is 0 Å². The average molecular weight is 262 g/mol. The summed E-state index contributed by atoms with van der Waals surface area (Å²) in [4.78, 5) is 0. The predicted molar refractivity (Wildman–Crippen MR) is 60.0 cm³/mol. The van der Waals surface area contributed by atoms with E-state index in [0.29, 0.717) is 10.5 Å². The fourth-order valence-electron chi connectivity index (χ4n) is 1.03. The van der Waals surface area contributed by atoms with Gasteiger partial charge in [0.15, 0.2) is 0 Å². The Morgan fingerprint density at radius 3 is 2.46 bits per heavy atom. The van der Waals surface area contributed by atoms with Crippen LogP contribution in [0.3, 0.4) is 0 Å². The van der Waals surface area contributed by atoms with E-state index in [4.69, 9.17) is 16.3 Å². The topological polar surface area (TPSA) is 9.23 Å². The summed E-state index contributed by atoms with van der Waals surface area (Å²) in [6, 6.07) is 9.90. The molecule has 1 aromatic carbocycles. The van der Waals surface area contributed by atoms with Crippen molar-refractivity contribution in [2.24, 2.45) is 0 Å². The first-order chi connectivity index (χ1) is 6.25. The fraction of sp³-hybridized carbons (Fsp3) is 0.200. The number of halogens is 2. The third kappa shape index (κ3) is 3.14. The number of methoxy groups -OCH3 is 1. The van der Waals surface area contributed by atoms with Gasteiger partial charge in [0, 0.05) is 12.7 Å². The minimum atomic E-state index is 0.508. The summed E-state index contributed by atoms with van der Waals surface area (Å²) in [6.45, 7) is 0.508.